The van der Waals surface area contributed by atoms with Crippen molar-refractivity contribution in [3.63, 3.8) is 0 Å². The third-order valence-corrected chi connectivity index (χ3v) is 3.53. The molecule has 0 unspecified atom stereocenters. The zero-order valence-electron chi connectivity index (χ0n) is 11.9. The minimum absolute atomic E-state index is 0.0799. The monoisotopic (exact) mass is 290 g/mol. The average molecular weight is 290 g/mol. The highest BCUT2D eigenvalue weighted by molar-refractivity contribution is 7.13. The van der Waals surface area contributed by atoms with E-state index in [-0.39, 0.29) is 5.91 Å². The van der Waals surface area contributed by atoms with E-state index in [9.17, 15) is 4.79 Å². The molecule has 2 aromatic rings. The molecule has 106 valence electrons. The van der Waals surface area contributed by atoms with Crippen LogP contribution >= 0.6 is 11.3 Å². The highest BCUT2D eigenvalue weighted by atomic mass is 32.1. The predicted molar refractivity (Wildman–Crippen MR) is 81.5 cm³/mol. The van der Waals surface area contributed by atoms with Gasteiger partial charge in [0.2, 0.25) is 5.91 Å². The van der Waals surface area contributed by atoms with Crippen LogP contribution in [0, 0.1) is 20.8 Å². The minimum atomic E-state index is -0.0799. The van der Waals surface area contributed by atoms with Crippen molar-refractivity contribution in [3.8, 4) is 5.75 Å². The summed E-state index contributed by atoms with van der Waals surface area (Å²) in [5.74, 6) is 0.726. The lowest BCUT2D eigenvalue weighted by molar-refractivity contribution is -0.116. The van der Waals surface area contributed by atoms with Crippen molar-refractivity contribution in [1.82, 2.24) is 4.98 Å². The molecule has 0 aliphatic carbocycles. The van der Waals surface area contributed by atoms with Crippen LogP contribution < -0.4 is 10.1 Å². The van der Waals surface area contributed by atoms with Crippen LogP contribution in [0.25, 0.3) is 0 Å². The molecular formula is C15H18N2O2S. The summed E-state index contributed by atoms with van der Waals surface area (Å²) in [5, 5.41) is 5.30. The van der Waals surface area contributed by atoms with Crippen molar-refractivity contribution in [2.75, 3.05) is 11.9 Å². The maximum atomic E-state index is 11.7. The molecule has 1 amide bonds. The molecule has 0 aliphatic heterocycles. The van der Waals surface area contributed by atoms with Crippen LogP contribution in [0.4, 0.5) is 5.13 Å². The van der Waals surface area contributed by atoms with Gasteiger partial charge in [-0.2, -0.15) is 0 Å². The van der Waals surface area contributed by atoms with Crippen molar-refractivity contribution in [3.05, 3.63) is 40.4 Å². The number of hydrogen-bond acceptors (Lipinski definition) is 4. The van der Waals surface area contributed by atoms with Crippen molar-refractivity contribution < 1.29 is 9.53 Å². The summed E-state index contributed by atoms with van der Waals surface area (Å²) in [5.41, 5.74) is 3.22. The third kappa shape index (κ3) is 4.35. The van der Waals surface area contributed by atoms with Gasteiger partial charge in [-0.15, -0.1) is 11.3 Å². The number of nitrogens with one attached hydrogen (secondary N) is 1. The number of benzene rings is 1. The third-order valence-electron chi connectivity index (χ3n) is 2.66. The van der Waals surface area contributed by atoms with E-state index >= 15 is 0 Å². The highest BCUT2D eigenvalue weighted by Crippen LogP contribution is 2.17. The summed E-state index contributed by atoms with van der Waals surface area (Å²) < 4.78 is 5.60. The molecule has 20 heavy (non-hydrogen) atoms. The van der Waals surface area contributed by atoms with Gasteiger partial charge in [0.15, 0.2) is 5.13 Å². The quantitative estimate of drug-likeness (QED) is 0.917. The van der Waals surface area contributed by atoms with Gasteiger partial charge in [0, 0.05) is 5.38 Å². The van der Waals surface area contributed by atoms with Gasteiger partial charge in [-0.05, 0) is 44.0 Å². The highest BCUT2D eigenvalue weighted by Gasteiger charge is 2.06. The number of nitrogens with zero attached hydrogens (tertiary/aromatic N) is 1. The molecule has 0 fully saturated rings. The van der Waals surface area contributed by atoms with Crippen molar-refractivity contribution in [1.29, 1.82) is 0 Å². The van der Waals surface area contributed by atoms with Crippen LogP contribution in [0.1, 0.15) is 23.2 Å². The van der Waals surface area contributed by atoms with E-state index in [0.717, 1.165) is 22.6 Å². The molecule has 0 atom stereocenters. The van der Waals surface area contributed by atoms with Crippen LogP contribution in [0.15, 0.2) is 23.6 Å². The lowest BCUT2D eigenvalue weighted by Gasteiger charge is -2.08. The Morgan fingerprint density at radius 2 is 1.95 bits per heavy atom. The molecule has 0 aliphatic rings. The number of amides is 1. The Labute approximate surface area is 122 Å². The zero-order valence-corrected chi connectivity index (χ0v) is 12.7. The fourth-order valence-corrected chi connectivity index (χ4v) is 2.58. The van der Waals surface area contributed by atoms with Gasteiger partial charge in [0.25, 0.3) is 0 Å². The second kappa shape index (κ2) is 6.52. The predicted octanol–water partition coefficient (Wildman–Crippen LogP) is 3.48. The van der Waals surface area contributed by atoms with Gasteiger partial charge in [-0.3, -0.25) is 4.79 Å². The summed E-state index contributed by atoms with van der Waals surface area (Å²) >= 11 is 1.43. The Bertz CT molecular complexity index is 587. The normalized spacial score (nSPS) is 10.3. The smallest absolute Gasteiger partial charge is 0.229 e. The van der Waals surface area contributed by atoms with E-state index in [0.29, 0.717) is 18.2 Å². The molecule has 5 heteroatoms. The minimum Gasteiger partial charge on any atom is -0.493 e. The van der Waals surface area contributed by atoms with Gasteiger partial charge >= 0.3 is 0 Å². The van der Waals surface area contributed by atoms with Crippen molar-refractivity contribution in [2.24, 2.45) is 0 Å². The van der Waals surface area contributed by atoms with Gasteiger partial charge in [-0.25, -0.2) is 4.98 Å². The summed E-state index contributed by atoms with van der Waals surface area (Å²) in [6, 6.07) is 6.02. The summed E-state index contributed by atoms with van der Waals surface area (Å²) in [7, 11) is 0. The second-order valence-electron chi connectivity index (χ2n) is 4.76. The molecule has 0 radical (unpaired) electrons. The standard InChI is InChI=1S/C15H18N2O2S/c1-10-6-11(2)8-13(7-10)19-5-4-14(18)17-15-16-12(3)9-20-15/h6-9H,4-5H2,1-3H3,(H,16,17,18). The number of carbonyl (C=O) groups is 1. The molecule has 0 saturated heterocycles. The van der Waals surface area contributed by atoms with Crippen molar-refractivity contribution in [2.45, 2.75) is 27.2 Å². The fourth-order valence-electron chi connectivity index (χ4n) is 1.87. The fraction of sp³-hybridized carbons (Fsp3) is 0.333. The van der Waals surface area contributed by atoms with E-state index in [4.69, 9.17) is 4.74 Å². The Hall–Kier alpha value is -1.88. The average Bonchev–Trinajstić information content (AvgIpc) is 2.73. The summed E-state index contributed by atoms with van der Waals surface area (Å²) in [4.78, 5) is 15.9. The van der Waals surface area contributed by atoms with Gasteiger partial charge < -0.3 is 10.1 Å². The first kappa shape index (κ1) is 14.5. The molecule has 1 N–H and O–H groups in total. The first-order valence-electron chi connectivity index (χ1n) is 6.46. The Balaban J connectivity index is 1.79. The summed E-state index contributed by atoms with van der Waals surface area (Å²) in [6.07, 6.45) is 0.311. The van der Waals surface area contributed by atoms with Gasteiger partial charge in [0.05, 0.1) is 18.7 Å². The number of thiazole rings is 1. The van der Waals surface area contributed by atoms with Gasteiger partial charge in [0.1, 0.15) is 5.75 Å². The molecule has 1 heterocycles. The number of aryl methyl sites for hydroxylation is 3. The van der Waals surface area contributed by atoms with Crippen molar-refractivity contribution >= 4 is 22.4 Å². The van der Waals surface area contributed by atoms with E-state index in [1.165, 1.54) is 11.3 Å². The zero-order chi connectivity index (χ0) is 14.5. The lowest BCUT2D eigenvalue weighted by Crippen LogP contribution is -2.15. The molecule has 4 nitrogen and oxygen atoms in total. The first-order valence-corrected chi connectivity index (χ1v) is 7.34. The van der Waals surface area contributed by atoms with E-state index < -0.39 is 0 Å². The number of carbonyl (C=O) groups excluding carboxylic acids is 1. The lowest BCUT2D eigenvalue weighted by atomic mass is 10.1. The van der Waals surface area contributed by atoms with E-state index in [2.05, 4.69) is 16.4 Å². The maximum Gasteiger partial charge on any atom is 0.229 e. The number of ether oxygens (including phenoxy) is 1. The SMILES string of the molecule is Cc1cc(C)cc(OCCC(=O)Nc2nc(C)cs2)c1. The largest absolute Gasteiger partial charge is 0.493 e. The number of anilines is 1. The van der Waals surface area contributed by atoms with E-state index in [1.54, 1.807) is 0 Å². The Morgan fingerprint density at radius 1 is 1.25 bits per heavy atom. The molecule has 2 rings (SSSR count). The number of aromatic nitrogens is 1. The Morgan fingerprint density at radius 3 is 2.55 bits per heavy atom. The Kier molecular flexibility index (Phi) is 4.74. The molecule has 1 aromatic heterocycles. The van der Waals surface area contributed by atoms with Gasteiger partial charge in [-0.1, -0.05) is 6.07 Å². The topological polar surface area (TPSA) is 51.2 Å². The molecular weight excluding hydrogens is 272 g/mol. The maximum absolute atomic E-state index is 11.7. The molecule has 0 bridgehead atoms. The summed E-state index contributed by atoms with van der Waals surface area (Å²) in [6.45, 7) is 6.31. The van der Waals surface area contributed by atoms with Crippen LogP contribution in [-0.2, 0) is 4.79 Å². The second-order valence-corrected chi connectivity index (χ2v) is 5.62. The van der Waals surface area contributed by atoms with Crippen LogP contribution in [0.5, 0.6) is 5.75 Å². The number of rotatable bonds is 5. The molecule has 1 aromatic carbocycles. The molecule has 0 spiro atoms. The van der Waals surface area contributed by atoms with Crippen LogP contribution in [0.2, 0.25) is 0 Å². The first-order chi connectivity index (χ1) is 9.52. The van der Waals surface area contributed by atoms with E-state index in [1.807, 2.05) is 38.3 Å². The number of hydrogen-bond donors (Lipinski definition) is 1. The van der Waals surface area contributed by atoms with Crippen LogP contribution in [0.3, 0.4) is 0 Å². The molecule has 0 saturated carbocycles. The van der Waals surface area contributed by atoms with Crippen LogP contribution in [-0.4, -0.2) is 17.5 Å².